The summed E-state index contributed by atoms with van der Waals surface area (Å²) in [5, 5.41) is 23.8. The van der Waals surface area contributed by atoms with Gasteiger partial charge in [-0.15, -0.1) is 11.3 Å². The Balaban J connectivity index is 1.67. The number of rotatable bonds is 5. The summed E-state index contributed by atoms with van der Waals surface area (Å²) in [6.45, 7) is 0.171. The molecular weight excluding hydrogens is 348 g/mol. The molecule has 2 aromatic rings. The van der Waals surface area contributed by atoms with Gasteiger partial charge >= 0.3 is 13.1 Å². The predicted molar refractivity (Wildman–Crippen MR) is 90.4 cm³/mol. The fourth-order valence-corrected chi connectivity index (χ4v) is 3.45. The van der Waals surface area contributed by atoms with Crippen LogP contribution in [-0.2, 0) is 17.6 Å². The molecule has 130 valence electrons. The molecule has 0 spiro atoms. The second-order valence-electron chi connectivity index (χ2n) is 5.75. The zero-order valence-corrected chi connectivity index (χ0v) is 13.9. The van der Waals surface area contributed by atoms with Crippen molar-refractivity contribution in [2.75, 3.05) is 6.54 Å². The molecule has 0 saturated heterocycles. The Kier molecular flexibility index (Phi) is 5.05. The van der Waals surface area contributed by atoms with Gasteiger partial charge in [0.1, 0.15) is 17.1 Å². The van der Waals surface area contributed by atoms with E-state index in [4.69, 9.17) is 9.76 Å². The van der Waals surface area contributed by atoms with Gasteiger partial charge in [-0.05, 0) is 29.5 Å². The minimum Gasteiger partial charge on any atom is -0.535 e. The van der Waals surface area contributed by atoms with Crippen LogP contribution < -0.4 is 9.97 Å². The summed E-state index contributed by atoms with van der Waals surface area (Å²) in [5.41, 5.74) is -0.0988. The molecule has 9 heteroatoms. The van der Waals surface area contributed by atoms with Crippen molar-refractivity contribution >= 4 is 30.3 Å². The number of carbonyl (C=O) groups is 2. The summed E-state index contributed by atoms with van der Waals surface area (Å²) in [4.78, 5) is 24.1. The molecule has 0 saturated carbocycles. The van der Waals surface area contributed by atoms with Crippen LogP contribution in [0.2, 0.25) is 5.82 Å². The number of nitrogens with one attached hydrogen (secondary N) is 1. The molecule has 0 bridgehead atoms. The zero-order chi connectivity index (χ0) is 18.0. The number of hydrogen-bond donors (Lipinski definition) is 3. The number of thiophene rings is 1. The number of hydrogen-bond acceptors (Lipinski definition) is 5. The highest BCUT2D eigenvalue weighted by molar-refractivity contribution is 7.10. The SMILES string of the molecule is O=C(Cc1cccs1)NC[C@H]1Cc2ccc(F)c(C(=O)O)c2OB1O. The van der Waals surface area contributed by atoms with E-state index in [1.165, 1.54) is 17.4 Å². The average Bonchev–Trinajstić information content (AvgIpc) is 3.05. The molecule has 1 aromatic heterocycles. The number of amides is 1. The van der Waals surface area contributed by atoms with Gasteiger partial charge in [0, 0.05) is 17.2 Å². The lowest BCUT2D eigenvalue weighted by Crippen LogP contribution is -2.41. The normalized spacial score (nSPS) is 16.1. The van der Waals surface area contributed by atoms with Crippen molar-refractivity contribution in [3.05, 3.63) is 51.5 Å². The second kappa shape index (κ2) is 7.24. The molecule has 1 aliphatic heterocycles. The van der Waals surface area contributed by atoms with Gasteiger partial charge in [-0.25, -0.2) is 9.18 Å². The van der Waals surface area contributed by atoms with Gasteiger partial charge in [0.05, 0.1) is 6.42 Å². The van der Waals surface area contributed by atoms with Gasteiger partial charge in [-0.1, -0.05) is 12.1 Å². The molecule has 2 heterocycles. The Labute approximate surface area is 147 Å². The molecule has 3 N–H and O–H groups in total. The van der Waals surface area contributed by atoms with Crippen molar-refractivity contribution in [1.29, 1.82) is 0 Å². The number of fused-ring (bicyclic) bond motifs is 1. The van der Waals surface area contributed by atoms with Crippen LogP contribution in [0, 0.1) is 5.82 Å². The standard InChI is InChI=1S/C16H15BFNO5S/c18-12-4-3-9-6-10(17(23)24-15(9)14(12)16(21)22)8-19-13(20)7-11-2-1-5-25-11/h1-5,10,23H,6-8H2,(H,19,20)(H,21,22)/t10-/m1/s1. The van der Waals surface area contributed by atoms with E-state index in [-0.39, 0.29) is 31.0 Å². The number of benzene rings is 1. The molecule has 1 atom stereocenters. The first-order chi connectivity index (χ1) is 12.0. The van der Waals surface area contributed by atoms with Crippen molar-refractivity contribution in [3.8, 4) is 5.75 Å². The maximum Gasteiger partial charge on any atom is 0.528 e. The topological polar surface area (TPSA) is 95.9 Å². The van der Waals surface area contributed by atoms with Gasteiger partial charge in [0.15, 0.2) is 0 Å². The van der Waals surface area contributed by atoms with Crippen molar-refractivity contribution in [2.24, 2.45) is 0 Å². The van der Waals surface area contributed by atoms with Gasteiger partial charge in [0.2, 0.25) is 5.91 Å². The summed E-state index contributed by atoms with van der Waals surface area (Å²) >= 11 is 1.48. The first kappa shape index (κ1) is 17.4. The van der Waals surface area contributed by atoms with Crippen molar-refractivity contribution in [2.45, 2.75) is 18.7 Å². The highest BCUT2D eigenvalue weighted by Crippen LogP contribution is 2.35. The van der Waals surface area contributed by atoms with Crippen molar-refractivity contribution in [3.63, 3.8) is 0 Å². The van der Waals surface area contributed by atoms with Crippen LogP contribution in [0.4, 0.5) is 4.39 Å². The fraction of sp³-hybridized carbons (Fsp3) is 0.250. The predicted octanol–water partition coefficient (Wildman–Crippen LogP) is 1.73. The van der Waals surface area contributed by atoms with Gasteiger partial charge in [-0.2, -0.15) is 0 Å². The Morgan fingerprint density at radius 1 is 1.40 bits per heavy atom. The third-order valence-electron chi connectivity index (χ3n) is 4.00. The summed E-state index contributed by atoms with van der Waals surface area (Å²) in [5.74, 6) is -3.15. The van der Waals surface area contributed by atoms with E-state index in [1.54, 1.807) is 0 Å². The molecule has 0 fully saturated rings. The molecular formula is C16H15BFNO5S. The molecule has 3 rings (SSSR count). The van der Waals surface area contributed by atoms with E-state index in [0.717, 1.165) is 10.9 Å². The molecule has 1 amide bonds. The molecule has 1 aromatic carbocycles. The lowest BCUT2D eigenvalue weighted by molar-refractivity contribution is -0.120. The smallest absolute Gasteiger partial charge is 0.528 e. The maximum absolute atomic E-state index is 13.7. The zero-order valence-electron chi connectivity index (χ0n) is 13.1. The van der Waals surface area contributed by atoms with Crippen LogP contribution in [0.25, 0.3) is 0 Å². The van der Waals surface area contributed by atoms with Crippen LogP contribution >= 0.6 is 11.3 Å². The highest BCUT2D eigenvalue weighted by atomic mass is 32.1. The number of carboxylic acids is 1. The number of carbonyl (C=O) groups excluding carboxylic acids is 1. The van der Waals surface area contributed by atoms with Crippen LogP contribution in [0.5, 0.6) is 5.75 Å². The molecule has 25 heavy (non-hydrogen) atoms. The monoisotopic (exact) mass is 363 g/mol. The van der Waals surface area contributed by atoms with E-state index >= 15 is 0 Å². The Morgan fingerprint density at radius 2 is 2.20 bits per heavy atom. The Hall–Kier alpha value is -2.39. The van der Waals surface area contributed by atoms with Crippen LogP contribution in [-0.4, -0.2) is 35.7 Å². The van der Waals surface area contributed by atoms with E-state index in [1.807, 2.05) is 17.5 Å². The summed E-state index contributed by atoms with van der Waals surface area (Å²) in [6.07, 6.45) is 0.530. The maximum atomic E-state index is 13.7. The first-order valence-corrected chi connectivity index (χ1v) is 8.52. The first-order valence-electron chi connectivity index (χ1n) is 7.64. The second-order valence-corrected chi connectivity index (χ2v) is 6.78. The largest absolute Gasteiger partial charge is 0.535 e. The van der Waals surface area contributed by atoms with E-state index in [2.05, 4.69) is 5.32 Å². The summed E-state index contributed by atoms with van der Waals surface area (Å²) in [6, 6.07) is 6.22. The highest BCUT2D eigenvalue weighted by Gasteiger charge is 2.37. The van der Waals surface area contributed by atoms with E-state index in [9.17, 15) is 19.0 Å². The third-order valence-corrected chi connectivity index (χ3v) is 4.88. The summed E-state index contributed by atoms with van der Waals surface area (Å²) < 4.78 is 18.9. The Morgan fingerprint density at radius 3 is 2.88 bits per heavy atom. The average molecular weight is 363 g/mol. The molecule has 1 aliphatic rings. The van der Waals surface area contributed by atoms with E-state index < -0.39 is 30.3 Å². The van der Waals surface area contributed by atoms with Crippen LogP contribution in [0.15, 0.2) is 29.6 Å². The molecule has 0 unspecified atom stereocenters. The minimum absolute atomic E-state index is 0.152. The Bertz CT molecular complexity index is 798. The van der Waals surface area contributed by atoms with Crippen molar-refractivity contribution < 1.29 is 28.8 Å². The quantitative estimate of drug-likeness (QED) is 0.704. The lowest BCUT2D eigenvalue weighted by Gasteiger charge is -2.28. The van der Waals surface area contributed by atoms with Crippen molar-refractivity contribution in [1.82, 2.24) is 5.32 Å². The lowest BCUT2D eigenvalue weighted by atomic mass is 9.66. The van der Waals surface area contributed by atoms with Crippen LogP contribution in [0.1, 0.15) is 20.8 Å². The molecule has 0 radical (unpaired) electrons. The van der Waals surface area contributed by atoms with Gasteiger partial charge in [-0.3, -0.25) is 4.79 Å². The fourth-order valence-electron chi connectivity index (χ4n) is 2.75. The molecule has 0 aliphatic carbocycles. The number of halogens is 1. The van der Waals surface area contributed by atoms with E-state index in [0.29, 0.717) is 5.56 Å². The summed E-state index contributed by atoms with van der Waals surface area (Å²) in [7, 11) is -1.32. The number of carboxylic acid groups (broad SMARTS) is 1. The number of aromatic carboxylic acids is 1. The molecule has 6 nitrogen and oxygen atoms in total. The minimum atomic E-state index is -1.45. The van der Waals surface area contributed by atoms with Gasteiger partial charge < -0.3 is 20.1 Å². The third kappa shape index (κ3) is 3.83. The van der Waals surface area contributed by atoms with Gasteiger partial charge in [0.25, 0.3) is 0 Å². The van der Waals surface area contributed by atoms with Crippen LogP contribution in [0.3, 0.4) is 0 Å².